The summed E-state index contributed by atoms with van der Waals surface area (Å²) in [4.78, 5) is 13.6. The molecule has 0 aliphatic heterocycles. The molecular formula is C9H5BrF5NO3. The molecule has 19 heavy (non-hydrogen) atoms. The first kappa shape index (κ1) is 15.6. The van der Waals surface area contributed by atoms with Crippen LogP contribution in [0.1, 0.15) is 17.7 Å². The highest BCUT2D eigenvalue weighted by molar-refractivity contribution is 9.10. The summed E-state index contributed by atoms with van der Waals surface area (Å²) in [7, 11) is 0. The van der Waals surface area contributed by atoms with Gasteiger partial charge < -0.3 is 9.84 Å². The molecule has 0 aliphatic rings. The van der Waals surface area contributed by atoms with Crippen molar-refractivity contribution >= 4 is 21.9 Å². The smallest absolute Gasteiger partial charge is 0.481 e. The zero-order chi connectivity index (χ0) is 14.8. The van der Waals surface area contributed by atoms with E-state index in [0.29, 0.717) is 6.20 Å². The van der Waals surface area contributed by atoms with Gasteiger partial charge in [0.2, 0.25) is 0 Å². The fraction of sp³-hybridized carbons (Fsp3) is 0.333. The Morgan fingerprint density at radius 1 is 1.47 bits per heavy atom. The average Bonchev–Trinajstić information content (AvgIpc) is 2.21. The first-order valence-corrected chi connectivity index (χ1v) is 5.34. The van der Waals surface area contributed by atoms with Gasteiger partial charge in [0.15, 0.2) is 5.75 Å². The molecule has 0 amide bonds. The van der Waals surface area contributed by atoms with Crippen LogP contribution in [0.5, 0.6) is 5.75 Å². The number of rotatable bonds is 4. The molecule has 0 atom stereocenters. The van der Waals surface area contributed by atoms with Crippen molar-refractivity contribution in [3.8, 4) is 5.75 Å². The Bertz CT molecular complexity index is 491. The van der Waals surface area contributed by atoms with Gasteiger partial charge in [-0.2, -0.15) is 0 Å². The predicted molar refractivity (Wildman–Crippen MR) is 54.9 cm³/mol. The lowest BCUT2D eigenvalue weighted by Gasteiger charge is -2.14. The van der Waals surface area contributed by atoms with Crippen molar-refractivity contribution in [2.45, 2.75) is 19.2 Å². The number of aliphatic carboxylic acids is 1. The summed E-state index contributed by atoms with van der Waals surface area (Å²) < 4.78 is 64.3. The van der Waals surface area contributed by atoms with Gasteiger partial charge in [0.1, 0.15) is 5.69 Å². The summed E-state index contributed by atoms with van der Waals surface area (Å²) in [5, 5.41) is 8.56. The van der Waals surface area contributed by atoms with Crippen LogP contribution >= 0.6 is 15.9 Å². The van der Waals surface area contributed by atoms with Gasteiger partial charge in [-0.05, 0) is 15.9 Å². The van der Waals surface area contributed by atoms with Crippen LogP contribution in [0.2, 0.25) is 0 Å². The third-order valence-electron chi connectivity index (χ3n) is 1.87. The molecule has 0 saturated heterocycles. The maximum Gasteiger partial charge on any atom is 0.573 e. The van der Waals surface area contributed by atoms with E-state index in [2.05, 4.69) is 25.7 Å². The van der Waals surface area contributed by atoms with E-state index in [1.54, 1.807) is 0 Å². The molecule has 4 nitrogen and oxygen atoms in total. The summed E-state index contributed by atoms with van der Waals surface area (Å²) >= 11 is 2.62. The number of carbonyl (C=O) groups is 1. The second kappa shape index (κ2) is 5.68. The Kier molecular flexibility index (Phi) is 4.66. The van der Waals surface area contributed by atoms with Crippen molar-refractivity contribution in [2.75, 3.05) is 0 Å². The Morgan fingerprint density at radius 2 is 2.05 bits per heavy atom. The van der Waals surface area contributed by atoms with E-state index < -0.39 is 46.7 Å². The molecule has 1 heterocycles. The molecular weight excluding hydrogens is 345 g/mol. The average molecular weight is 350 g/mol. The van der Waals surface area contributed by atoms with Gasteiger partial charge in [-0.3, -0.25) is 9.78 Å². The molecule has 0 saturated carbocycles. The largest absolute Gasteiger partial charge is 0.573 e. The van der Waals surface area contributed by atoms with Gasteiger partial charge in [0, 0.05) is 5.56 Å². The van der Waals surface area contributed by atoms with Crippen molar-refractivity contribution in [1.82, 2.24) is 4.98 Å². The van der Waals surface area contributed by atoms with Gasteiger partial charge >= 0.3 is 12.3 Å². The highest BCUT2D eigenvalue weighted by Gasteiger charge is 2.33. The molecule has 1 aromatic heterocycles. The fourth-order valence-corrected chi connectivity index (χ4v) is 1.75. The SMILES string of the molecule is O=C(O)Cc1c(C(F)F)ncc(OC(F)(F)F)c1Br. The van der Waals surface area contributed by atoms with Crippen LogP contribution < -0.4 is 4.74 Å². The Balaban J connectivity index is 3.29. The molecule has 106 valence electrons. The molecule has 1 N–H and O–H groups in total. The van der Waals surface area contributed by atoms with Crippen LogP contribution in [0.4, 0.5) is 22.0 Å². The monoisotopic (exact) mass is 349 g/mol. The molecule has 0 bridgehead atoms. The van der Waals surface area contributed by atoms with Crippen molar-refractivity contribution in [1.29, 1.82) is 0 Å². The first-order valence-electron chi connectivity index (χ1n) is 4.54. The molecule has 0 fully saturated rings. The van der Waals surface area contributed by atoms with E-state index in [1.807, 2.05) is 0 Å². The normalized spacial score (nSPS) is 11.7. The molecule has 0 radical (unpaired) electrons. The van der Waals surface area contributed by atoms with E-state index in [0.717, 1.165) is 0 Å². The number of halogens is 6. The van der Waals surface area contributed by atoms with Crippen molar-refractivity contribution in [3.05, 3.63) is 21.9 Å². The van der Waals surface area contributed by atoms with Gasteiger partial charge in [-0.1, -0.05) is 0 Å². The minimum Gasteiger partial charge on any atom is -0.481 e. The first-order chi connectivity index (χ1) is 8.61. The van der Waals surface area contributed by atoms with E-state index in [1.165, 1.54) is 0 Å². The zero-order valence-electron chi connectivity index (χ0n) is 8.84. The maximum atomic E-state index is 12.6. The molecule has 1 aromatic rings. The Hall–Kier alpha value is -1.45. The van der Waals surface area contributed by atoms with Crippen LogP contribution in [0.15, 0.2) is 10.7 Å². The summed E-state index contributed by atoms with van der Waals surface area (Å²) in [6.45, 7) is 0. The fourth-order valence-electron chi connectivity index (χ4n) is 1.23. The maximum absolute atomic E-state index is 12.6. The lowest BCUT2D eigenvalue weighted by atomic mass is 10.1. The van der Waals surface area contributed by atoms with Crippen molar-refractivity contribution < 1.29 is 36.6 Å². The number of alkyl halides is 5. The number of hydrogen-bond acceptors (Lipinski definition) is 3. The van der Waals surface area contributed by atoms with Crippen LogP contribution in [0, 0.1) is 0 Å². The van der Waals surface area contributed by atoms with Crippen molar-refractivity contribution in [2.24, 2.45) is 0 Å². The second-order valence-corrected chi connectivity index (χ2v) is 4.01. The van der Waals surface area contributed by atoms with Gasteiger partial charge in [-0.15, -0.1) is 13.2 Å². The molecule has 0 spiro atoms. The molecule has 1 rings (SSSR count). The van der Waals surface area contributed by atoms with E-state index in [4.69, 9.17) is 5.11 Å². The Morgan fingerprint density at radius 3 is 2.47 bits per heavy atom. The standard InChI is InChI=1S/C9H5BrF5NO3/c10-6-3(1-5(17)18)7(8(11)12)16-2-4(6)19-9(13,14)15/h2,8H,1H2,(H,17,18). The van der Waals surface area contributed by atoms with Crippen LogP contribution in [-0.2, 0) is 11.2 Å². The number of aromatic nitrogens is 1. The summed E-state index contributed by atoms with van der Waals surface area (Å²) in [6.07, 6.45) is -8.63. The number of hydrogen-bond donors (Lipinski definition) is 1. The van der Waals surface area contributed by atoms with Crippen LogP contribution in [0.3, 0.4) is 0 Å². The van der Waals surface area contributed by atoms with E-state index in [-0.39, 0.29) is 0 Å². The van der Waals surface area contributed by atoms with Crippen LogP contribution in [0.25, 0.3) is 0 Å². The summed E-state index contributed by atoms with van der Waals surface area (Å²) in [5.41, 5.74) is -1.48. The Labute approximate surface area is 111 Å². The minimum absolute atomic E-state index is 0.449. The number of carboxylic acid groups (broad SMARTS) is 1. The summed E-state index contributed by atoms with van der Waals surface area (Å²) in [5.74, 6) is -2.37. The quantitative estimate of drug-likeness (QED) is 0.847. The number of pyridine rings is 1. The number of carboxylic acids is 1. The third-order valence-corrected chi connectivity index (χ3v) is 2.74. The molecule has 0 unspecified atom stereocenters. The lowest BCUT2D eigenvalue weighted by molar-refractivity contribution is -0.275. The highest BCUT2D eigenvalue weighted by Crippen LogP contribution is 2.36. The van der Waals surface area contributed by atoms with Gasteiger partial charge in [-0.25, -0.2) is 8.78 Å². The topological polar surface area (TPSA) is 59.4 Å². The van der Waals surface area contributed by atoms with E-state index >= 15 is 0 Å². The zero-order valence-corrected chi connectivity index (χ0v) is 10.4. The number of ether oxygens (including phenoxy) is 1. The predicted octanol–water partition coefficient (Wildman–Crippen LogP) is 3.31. The third kappa shape index (κ3) is 4.30. The second-order valence-electron chi connectivity index (χ2n) is 3.22. The minimum atomic E-state index is -5.04. The van der Waals surface area contributed by atoms with Crippen LogP contribution in [-0.4, -0.2) is 22.4 Å². The van der Waals surface area contributed by atoms with Gasteiger partial charge in [0.25, 0.3) is 6.43 Å². The lowest BCUT2D eigenvalue weighted by Crippen LogP contribution is -2.18. The molecule has 0 aromatic carbocycles. The number of nitrogens with zero attached hydrogens (tertiary/aromatic N) is 1. The molecule has 10 heteroatoms. The summed E-state index contributed by atoms with van der Waals surface area (Å²) in [6, 6.07) is 0. The van der Waals surface area contributed by atoms with E-state index in [9.17, 15) is 26.7 Å². The van der Waals surface area contributed by atoms with Crippen molar-refractivity contribution in [3.63, 3.8) is 0 Å². The highest BCUT2D eigenvalue weighted by atomic mass is 79.9. The molecule has 0 aliphatic carbocycles. The van der Waals surface area contributed by atoms with Gasteiger partial charge in [0.05, 0.1) is 17.1 Å².